The summed E-state index contributed by atoms with van der Waals surface area (Å²) in [5.41, 5.74) is -0.436. The van der Waals surface area contributed by atoms with Gasteiger partial charge in [0.1, 0.15) is 0 Å². The van der Waals surface area contributed by atoms with Gasteiger partial charge in [-0.05, 0) is 30.7 Å². The first-order chi connectivity index (χ1) is 4.81. The molecule has 0 bridgehead atoms. The van der Waals surface area contributed by atoms with Gasteiger partial charge in [-0.3, -0.25) is 0 Å². The van der Waals surface area contributed by atoms with Gasteiger partial charge in [-0.25, -0.2) is 0 Å². The average Bonchev–Trinajstić information content (AvgIpc) is 2.33. The Kier molecular flexibility index (Phi) is 1.32. The van der Waals surface area contributed by atoms with Gasteiger partial charge < -0.3 is 5.11 Å². The number of rotatable bonds is 1. The van der Waals surface area contributed by atoms with Crippen LogP contribution in [-0.2, 0) is 5.60 Å². The summed E-state index contributed by atoms with van der Waals surface area (Å²) in [5.74, 6) is 0. The van der Waals surface area contributed by atoms with E-state index in [2.05, 4.69) is 0 Å². The lowest BCUT2D eigenvalue weighted by molar-refractivity contribution is -0.0354. The second kappa shape index (κ2) is 2.07. The average molecular weight is 154 g/mol. The van der Waals surface area contributed by atoms with E-state index in [0.29, 0.717) is 0 Å². The number of aliphatic hydroxyl groups is 1. The smallest absolute Gasteiger partial charge is 0.0987 e. The maximum Gasteiger partial charge on any atom is 0.0987 e. The summed E-state index contributed by atoms with van der Waals surface area (Å²) < 4.78 is 0. The highest BCUT2D eigenvalue weighted by molar-refractivity contribution is 7.10. The number of thiophene rings is 1. The van der Waals surface area contributed by atoms with E-state index in [-0.39, 0.29) is 0 Å². The van der Waals surface area contributed by atoms with E-state index in [0.717, 1.165) is 17.7 Å². The summed E-state index contributed by atoms with van der Waals surface area (Å²) in [5, 5.41) is 11.8. The quantitative estimate of drug-likeness (QED) is 0.657. The van der Waals surface area contributed by atoms with Crippen molar-refractivity contribution in [2.45, 2.75) is 24.9 Å². The molecular formula is C8H10OS. The van der Waals surface area contributed by atoms with Crippen LogP contribution in [0.4, 0.5) is 0 Å². The summed E-state index contributed by atoms with van der Waals surface area (Å²) in [4.78, 5) is 1.14. The van der Waals surface area contributed by atoms with Crippen LogP contribution in [0.2, 0.25) is 0 Å². The Morgan fingerprint density at radius 3 is 2.70 bits per heavy atom. The summed E-state index contributed by atoms with van der Waals surface area (Å²) >= 11 is 1.66. The predicted octanol–water partition coefficient (Wildman–Crippen LogP) is 2.12. The molecular weight excluding hydrogens is 144 g/mol. The molecule has 0 amide bonds. The van der Waals surface area contributed by atoms with Crippen LogP contribution in [0, 0.1) is 0 Å². The molecule has 2 heteroatoms. The van der Waals surface area contributed by atoms with Crippen molar-refractivity contribution in [1.29, 1.82) is 0 Å². The lowest BCUT2D eigenvalue weighted by Gasteiger charge is -2.35. The Morgan fingerprint density at radius 1 is 1.50 bits per heavy atom. The van der Waals surface area contributed by atoms with Gasteiger partial charge in [0, 0.05) is 4.88 Å². The Bertz CT molecular complexity index is 211. The van der Waals surface area contributed by atoms with Gasteiger partial charge in [-0.1, -0.05) is 6.07 Å². The zero-order valence-electron chi connectivity index (χ0n) is 5.71. The number of hydrogen-bond donors (Lipinski definition) is 1. The largest absolute Gasteiger partial charge is 0.384 e. The Labute approximate surface area is 64.3 Å². The zero-order chi connectivity index (χ0) is 7.03. The summed E-state index contributed by atoms with van der Waals surface area (Å²) in [6, 6.07) is 4.01. The molecule has 1 saturated carbocycles. The lowest BCUT2D eigenvalue weighted by Crippen LogP contribution is -2.32. The van der Waals surface area contributed by atoms with E-state index in [4.69, 9.17) is 0 Å². The van der Waals surface area contributed by atoms with Crippen LogP contribution in [0.5, 0.6) is 0 Å². The van der Waals surface area contributed by atoms with Gasteiger partial charge in [0.2, 0.25) is 0 Å². The molecule has 0 saturated heterocycles. The molecule has 54 valence electrons. The Hall–Kier alpha value is -0.340. The molecule has 1 fully saturated rings. The predicted molar refractivity (Wildman–Crippen MR) is 42.1 cm³/mol. The molecule has 0 spiro atoms. The molecule has 0 unspecified atom stereocenters. The summed E-state index contributed by atoms with van der Waals surface area (Å²) in [7, 11) is 0. The van der Waals surface area contributed by atoms with E-state index in [1.165, 1.54) is 6.42 Å². The van der Waals surface area contributed by atoms with Crippen molar-refractivity contribution in [2.24, 2.45) is 0 Å². The van der Waals surface area contributed by atoms with Crippen LogP contribution in [0.3, 0.4) is 0 Å². The molecule has 1 nitrogen and oxygen atoms in total. The SMILES string of the molecule is OC1(c2cccs2)CCC1. The van der Waals surface area contributed by atoms with Crippen LogP contribution in [0.15, 0.2) is 17.5 Å². The van der Waals surface area contributed by atoms with Crippen LogP contribution in [0.1, 0.15) is 24.1 Å². The van der Waals surface area contributed by atoms with Crippen LogP contribution in [0.25, 0.3) is 0 Å². The molecule has 0 radical (unpaired) electrons. The van der Waals surface area contributed by atoms with E-state index >= 15 is 0 Å². The fraction of sp³-hybridized carbons (Fsp3) is 0.500. The first-order valence-corrected chi connectivity index (χ1v) is 4.46. The second-order valence-electron chi connectivity index (χ2n) is 2.86. The van der Waals surface area contributed by atoms with Crippen molar-refractivity contribution in [1.82, 2.24) is 0 Å². The second-order valence-corrected chi connectivity index (χ2v) is 3.81. The first kappa shape index (κ1) is 6.38. The molecule has 0 atom stereocenters. The first-order valence-electron chi connectivity index (χ1n) is 3.58. The molecule has 2 rings (SSSR count). The third-order valence-electron chi connectivity index (χ3n) is 2.16. The van der Waals surface area contributed by atoms with Gasteiger partial charge in [0.15, 0.2) is 0 Å². The Morgan fingerprint density at radius 2 is 2.30 bits per heavy atom. The highest BCUT2D eigenvalue weighted by Crippen LogP contribution is 2.42. The molecule has 10 heavy (non-hydrogen) atoms. The lowest BCUT2D eigenvalue weighted by atomic mass is 9.79. The normalized spacial score (nSPS) is 22.1. The van der Waals surface area contributed by atoms with Gasteiger partial charge in [0.25, 0.3) is 0 Å². The van der Waals surface area contributed by atoms with Crippen LogP contribution in [-0.4, -0.2) is 5.11 Å². The molecule has 0 aliphatic heterocycles. The molecule has 1 heterocycles. The highest BCUT2D eigenvalue weighted by Gasteiger charge is 2.36. The van der Waals surface area contributed by atoms with Gasteiger partial charge >= 0.3 is 0 Å². The topological polar surface area (TPSA) is 20.2 Å². The molecule has 1 aromatic heterocycles. The fourth-order valence-corrected chi connectivity index (χ4v) is 2.19. The maximum absolute atomic E-state index is 9.78. The van der Waals surface area contributed by atoms with E-state index in [1.54, 1.807) is 11.3 Å². The summed E-state index contributed by atoms with van der Waals surface area (Å²) in [6.45, 7) is 0. The van der Waals surface area contributed by atoms with Crippen molar-refractivity contribution in [3.63, 3.8) is 0 Å². The van der Waals surface area contributed by atoms with Gasteiger partial charge in [-0.15, -0.1) is 11.3 Å². The third kappa shape index (κ3) is 0.796. The molecule has 1 N–H and O–H groups in total. The van der Waals surface area contributed by atoms with Crippen molar-refractivity contribution in [3.8, 4) is 0 Å². The van der Waals surface area contributed by atoms with E-state index < -0.39 is 5.60 Å². The maximum atomic E-state index is 9.78. The minimum Gasteiger partial charge on any atom is -0.384 e. The van der Waals surface area contributed by atoms with E-state index in [9.17, 15) is 5.11 Å². The molecule has 1 aliphatic rings. The minimum atomic E-state index is -0.436. The van der Waals surface area contributed by atoms with Gasteiger partial charge in [-0.2, -0.15) is 0 Å². The third-order valence-corrected chi connectivity index (χ3v) is 3.22. The van der Waals surface area contributed by atoms with E-state index in [1.807, 2.05) is 17.5 Å². The summed E-state index contributed by atoms with van der Waals surface area (Å²) in [6.07, 6.45) is 3.08. The monoisotopic (exact) mass is 154 g/mol. The van der Waals surface area contributed by atoms with Crippen molar-refractivity contribution >= 4 is 11.3 Å². The van der Waals surface area contributed by atoms with Gasteiger partial charge in [0.05, 0.1) is 5.60 Å². The molecule has 1 aliphatic carbocycles. The van der Waals surface area contributed by atoms with Crippen LogP contribution >= 0.6 is 11.3 Å². The highest BCUT2D eigenvalue weighted by atomic mass is 32.1. The van der Waals surface area contributed by atoms with Crippen molar-refractivity contribution in [3.05, 3.63) is 22.4 Å². The van der Waals surface area contributed by atoms with Crippen molar-refractivity contribution in [2.75, 3.05) is 0 Å². The Balaban J connectivity index is 2.27. The van der Waals surface area contributed by atoms with Crippen molar-refractivity contribution < 1.29 is 5.11 Å². The molecule has 1 aromatic rings. The van der Waals surface area contributed by atoms with Crippen LogP contribution < -0.4 is 0 Å². The molecule has 0 aromatic carbocycles. The number of hydrogen-bond acceptors (Lipinski definition) is 2. The fourth-order valence-electron chi connectivity index (χ4n) is 1.30. The standard InChI is InChI=1S/C8H10OS/c9-8(4-2-5-8)7-3-1-6-10-7/h1,3,6,9H,2,4-5H2. The minimum absolute atomic E-state index is 0.436. The zero-order valence-corrected chi connectivity index (χ0v) is 6.53.